The molecule has 0 aromatic carbocycles. The fourth-order valence-electron chi connectivity index (χ4n) is 1.78. The van der Waals surface area contributed by atoms with Crippen molar-refractivity contribution in [1.29, 1.82) is 0 Å². The van der Waals surface area contributed by atoms with E-state index in [-0.39, 0.29) is 0 Å². The van der Waals surface area contributed by atoms with Crippen molar-refractivity contribution in [3.05, 3.63) is 36.3 Å². The molecule has 2 rings (SSSR count). The third-order valence-electron chi connectivity index (χ3n) is 2.77. The molecule has 2 aromatic rings. The maximum atomic E-state index is 4.38. The van der Waals surface area contributed by atoms with Crippen LogP contribution in [-0.4, -0.2) is 27.4 Å². The van der Waals surface area contributed by atoms with Crippen molar-refractivity contribution in [3.8, 4) is 0 Å². The molecule has 0 radical (unpaired) electrons. The summed E-state index contributed by atoms with van der Waals surface area (Å²) >= 11 is 0. The Morgan fingerprint density at radius 3 is 2.80 bits per heavy atom. The molecular weight excluding hydrogens is 186 g/mol. The zero-order valence-electron chi connectivity index (χ0n) is 9.35. The Kier molecular flexibility index (Phi) is 3.02. The number of aromatic nitrogens is 2. The van der Waals surface area contributed by atoms with Gasteiger partial charge in [-0.2, -0.15) is 0 Å². The van der Waals surface area contributed by atoms with Crippen LogP contribution in [0.3, 0.4) is 0 Å². The minimum Gasteiger partial charge on any atom is -0.303 e. The molecule has 3 nitrogen and oxygen atoms in total. The van der Waals surface area contributed by atoms with Gasteiger partial charge in [0.05, 0.1) is 11.9 Å². The average molecular weight is 203 g/mol. The molecule has 2 aromatic heterocycles. The first-order valence-corrected chi connectivity index (χ1v) is 5.48. The lowest BCUT2D eigenvalue weighted by molar-refractivity contribution is 0.291. The van der Waals surface area contributed by atoms with Crippen LogP contribution in [0.15, 0.2) is 30.6 Å². The minimum atomic E-state index is 0.970. The molecule has 0 aliphatic carbocycles. The van der Waals surface area contributed by atoms with E-state index in [2.05, 4.69) is 34.3 Å². The van der Waals surface area contributed by atoms with Crippen molar-refractivity contribution in [2.45, 2.75) is 20.4 Å². The van der Waals surface area contributed by atoms with Crippen molar-refractivity contribution in [1.82, 2.24) is 14.3 Å². The standard InChI is InChI=1S/C12H17N3/c1-3-14(4-2)10-11-9-13-12-7-5-6-8-15(11)12/h5-9H,3-4,10H2,1-2H3. The Morgan fingerprint density at radius 2 is 2.07 bits per heavy atom. The Labute approximate surface area is 90.4 Å². The summed E-state index contributed by atoms with van der Waals surface area (Å²) < 4.78 is 2.15. The van der Waals surface area contributed by atoms with E-state index in [1.807, 2.05) is 24.4 Å². The van der Waals surface area contributed by atoms with Crippen LogP contribution in [0.1, 0.15) is 19.5 Å². The minimum absolute atomic E-state index is 0.970. The number of imidazole rings is 1. The molecule has 0 unspecified atom stereocenters. The molecule has 15 heavy (non-hydrogen) atoms. The Balaban J connectivity index is 2.28. The second-order valence-electron chi connectivity index (χ2n) is 3.64. The van der Waals surface area contributed by atoms with Gasteiger partial charge >= 0.3 is 0 Å². The SMILES string of the molecule is CCN(CC)Cc1cnc2ccccn12. The highest BCUT2D eigenvalue weighted by molar-refractivity contribution is 5.39. The normalized spacial score (nSPS) is 11.4. The summed E-state index contributed by atoms with van der Waals surface area (Å²) in [5, 5.41) is 0. The van der Waals surface area contributed by atoms with E-state index in [0.29, 0.717) is 0 Å². The highest BCUT2D eigenvalue weighted by Crippen LogP contribution is 2.08. The lowest BCUT2D eigenvalue weighted by Crippen LogP contribution is -2.22. The topological polar surface area (TPSA) is 20.5 Å². The van der Waals surface area contributed by atoms with E-state index in [1.165, 1.54) is 5.69 Å². The summed E-state index contributed by atoms with van der Waals surface area (Å²) in [6.07, 6.45) is 4.04. The van der Waals surface area contributed by atoms with Gasteiger partial charge in [0.25, 0.3) is 0 Å². The summed E-state index contributed by atoms with van der Waals surface area (Å²) in [5.74, 6) is 0. The van der Waals surface area contributed by atoms with Gasteiger partial charge in [0.2, 0.25) is 0 Å². The molecule has 0 saturated carbocycles. The zero-order chi connectivity index (χ0) is 10.7. The fraction of sp³-hybridized carbons (Fsp3) is 0.417. The largest absolute Gasteiger partial charge is 0.303 e. The molecule has 0 spiro atoms. The molecule has 80 valence electrons. The molecule has 0 saturated heterocycles. The maximum Gasteiger partial charge on any atom is 0.136 e. The molecule has 0 N–H and O–H groups in total. The molecular formula is C12H17N3. The van der Waals surface area contributed by atoms with Crippen LogP contribution in [0.2, 0.25) is 0 Å². The van der Waals surface area contributed by atoms with Crippen molar-refractivity contribution >= 4 is 5.65 Å². The summed E-state index contributed by atoms with van der Waals surface area (Å²) in [7, 11) is 0. The van der Waals surface area contributed by atoms with Gasteiger partial charge < -0.3 is 4.40 Å². The van der Waals surface area contributed by atoms with Gasteiger partial charge in [0.15, 0.2) is 0 Å². The molecule has 0 aliphatic heterocycles. The molecule has 0 bridgehead atoms. The Morgan fingerprint density at radius 1 is 1.27 bits per heavy atom. The molecule has 0 fully saturated rings. The second-order valence-corrected chi connectivity index (χ2v) is 3.64. The first-order chi connectivity index (χ1) is 7.35. The van der Waals surface area contributed by atoms with E-state index in [1.54, 1.807) is 0 Å². The number of hydrogen-bond donors (Lipinski definition) is 0. The predicted molar refractivity (Wildman–Crippen MR) is 61.8 cm³/mol. The monoisotopic (exact) mass is 203 g/mol. The van der Waals surface area contributed by atoms with Crippen LogP contribution in [0.4, 0.5) is 0 Å². The molecule has 0 atom stereocenters. The third kappa shape index (κ3) is 2.02. The van der Waals surface area contributed by atoms with Gasteiger partial charge in [0.1, 0.15) is 5.65 Å². The molecule has 0 amide bonds. The number of nitrogens with zero attached hydrogens (tertiary/aromatic N) is 3. The number of hydrogen-bond acceptors (Lipinski definition) is 2. The zero-order valence-corrected chi connectivity index (χ0v) is 9.35. The Hall–Kier alpha value is -1.35. The lowest BCUT2D eigenvalue weighted by Gasteiger charge is -2.17. The predicted octanol–water partition coefficient (Wildman–Crippen LogP) is 2.18. The van der Waals surface area contributed by atoms with Gasteiger partial charge in [-0.3, -0.25) is 4.90 Å². The van der Waals surface area contributed by atoms with Gasteiger partial charge in [-0.05, 0) is 25.2 Å². The van der Waals surface area contributed by atoms with E-state index >= 15 is 0 Å². The van der Waals surface area contributed by atoms with Crippen molar-refractivity contribution in [2.75, 3.05) is 13.1 Å². The van der Waals surface area contributed by atoms with Gasteiger partial charge in [-0.1, -0.05) is 19.9 Å². The molecule has 3 heteroatoms. The first kappa shape index (κ1) is 10.2. The lowest BCUT2D eigenvalue weighted by atomic mass is 10.4. The van der Waals surface area contributed by atoms with Gasteiger partial charge in [0, 0.05) is 12.7 Å². The van der Waals surface area contributed by atoms with Crippen LogP contribution in [0.5, 0.6) is 0 Å². The third-order valence-corrected chi connectivity index (χ3v) is 2.77. The van der Waals surface area contributed by atoms with Crippen LogP contribution in [0, 0.1) is 0 Å². The van der Waals surface area contributed by atoms with Crippen molar-refractivity contribution in [2.24, 2.45) is 0 Å². The number of fused-ring (bicyclic) bond motifs is 1. The number of rotatable bonds is 4. The maximum absolute atomic E-state index is 4.38. The summed E-state index contributed by atoms with van der Waals surface area (Å²) in [6, 6.07) is 6.09. The smallest absolute Gasteiger partial charge is 0.136 e. The average Bonchev–Trinajstić information content (AvgIpc) is 2.69. The molecule has 2 heterocycles. The molecule has 0 aliphatic rings. The van der Waals surface area contributed by atoms with Gasteiger partial charge in [-0.25, -0.2) is 4.98 Å². The van der Waals surface area contributed by atoms with E-state index in [9.17, 15) is 0 Å². The van der Waals surface area contributed by atoms with Crippen LogP contribution in [0.25, 0.3) is 5.65 Å². The van der Waals surface area contributed by atoms with Crippen molar-refractivity contribution < 1.29 is 0 Å². The summed E-state index contributed by atoms with van der Waals surface area (Å²) in [5.41, 5.74) is 2.29. The second kappa shape index (κ2) is 4.45. The number of pyridine rings is 1. The quantitative estimate of drug-likeness (QED) is 0.759. The van der Waals surface area contributed by atoms with Crippen LogP contribution in [-0.2, 0) is 6.54 Å². The van der Waals surface area contributed by atoms with E-state index < -0.39 is 0 Å². The summed E-state index contributed by atoms with van der Waals surface area (Å²) in [4.78, 5) is 6.76. The summed E-state index contributed by atoms with van der Waals surface area (Å²) in [6.45, 7) is 7.50. The first-order valence-electron chi connectivity index (χ1n) is 5.48. The highest BCUT2D eigenvalue weighted by atomic mass is 15.1. The fourth-order valence-corrected chi connectivity index (χ4v) is 1.78. The Bertz CT molecular complexity index is 429. The van der Waals surface area contributed by atoms with Crippen LogP contribution >= 0.6 is 0 Å². The van der Waals surface area contributed by atoms with Gasteiger partial charge in [-0.15, -0.1) is 0 Å². The van der Waals surface area contributed by atoms with Crippen molar-refractivity contribution in [3.63, 3.8) is 0 Å². The highest BCUT2D eigenvalue weighted by Gasteiger charge is 2.05. The van der Waals surface area contributed by atoms with E-state index in [4.69, 9.17) is 0 Å². The van der Waals surface area contributed by atoms with E-state index in [0.717, 1.165) is 25.3 Å². The van der Waals surface area contributed by atoms with Crippen LogP contribution < -0.4 is 0 Å².